The van der Waals surface area contributed by atoms with E-state index in [0.717, 1.165) is 0 Å². The molecule has 0 aliphatic heterocycles. The zero-order valence-corrected chi connectivity index (χ0v) is 12.8. The summed E-state index contributed by atoms with van der Waals surface area (Å²) in [5.74, 6) is 0. The second kappa shape index (κ2) is 5.80. The van der Waals surface area contributed by atoms with Crippen LogP contribution in [0, 0.1) is 0 Å². The fourth-order valence-corrected chi connectivity index (χ4v) is 6.09. The van der Waals surface area contributed by atoms with Crippen molar-refractivity contribution in [2.75, 3.05) is 0 Å². The molecule has 4 heteroatoms. The van der Waals surface area contributed by atoms with E-state index in [2.05, 4.69) is 31.8 Å². The summed E-state index contributed by atoms with van der Waals surface area (Å²) in [7, 11) is -0.972. The smallest absolute Gasteiger partial charge is 0.147 e. The second-order valence-electron chi connectivity index (χ2n) is 3.75. The maximum atomic E-state index is 2.42. The molecule has 0 bridgehead atoms. The van der Waals surface area contributed by atoms with Crippen LogP contribution in [0.25, 0.3) is 0 Å². The fraction of sp³-hybridized carbons (Fsp3) is 0.500. The Morgan fingerprint density at radius 3 is 1.92 bits per heavy atom. The normalized spacial score (nSPS) is 15.5. The van der Waals surface area contributed by atoms with Crippen molar-refractivity contribution in [2.24, 2.45) is 0 Å². The molecule has 0 spiro atoms. The van der Waals surface area contributed by atoms with E-state index < -0.39 is 8.07 Å². The topological polar surface area (TPSA) is 0 Å². The number of halogens is 2. The van der Waals surface area contributed by atoms with Gasteiger partial charge in [0.1, 0.15) is 0 Å². The van der Waals surface area contributed by atoms with Gasteiger partial charge in [-0.3, -0.25) is 0 Å². The Morgan fingerprint density at radius 2 is 1.75 bits per heavy atom. The molecule has 0 N–H and O–H groups in total. The first-order valence-electron chi connectivity index (χ1n) is 3.63. The Bertz CT molecular complexity index is 204. The third-order valence-corrected chi connectivity index (χ3v) is 5.60. The average molecular weight is 301 g/mol. The molecule has 0 aromatic carbocycles. The molecular weight excluding hydrogens is 286 g/mol. The van der Waals surface area contributed by atoms with Crippen LogP contribution in [0.3, 0.4) is 0 Å². The van der Waals surface area contributed by atoms with Gasteiger partial charge in [0.25, 0.3) is 0 Å². The molecule has 1 aliphatic rings. The van der Waals surface area contributed by atoms with E-state index in [-0.39, 0.29) is 24.8 Å². The molecule has 1 aliphatic carbocycles. The molecule has 69 valence electrons. The standard InChI is InChI=1S/C8H13Si.2ClH.Zr/c1-9(2,3)8-6-4-5-7-8;;;/h4,6H,5H2,1-3H3;2*1H;. The molecule has 0 heterocycles. The van der Waals surface area contributed by atoms with Crippen molar-refractivity contribution in [1.29, 1.82) is 0 Å². The molecule has 1 rings (SSSR count). The van der Waals surface area contributed by atoms with Gasteiger partial charge in [0, 0.05) is 0 Å². The summed E-state index contributed by atoms with van der Waals surface area (Å²) in [6, 6.07) is 0. The first kappa shape index (κ1) is 15.6. The van der Waals surface area contributed by atoms with Crippen molar-refractivity contribution in [1.82, 2.24) is 0 Å². The van der Waals surface area contributed by atoms with Crippen molar-refractivity contribution < 1.29 is 24.7 Å². The average Bonchev–Trinajstić information content (AvgIpc) is 2.11. The van der Waals surface area contributed by atoms with Crippen LogP contribution in [0.1, 0.15) is 6.42 Å². The zero-order valence-electron chi connectivity index (χ0n) is 7.68. The van der Waals surface area contributed by atoms with Gasteiger partial charge in [0.05, 0.1) is 0 Å². The minimum Gasteiger partial charge on any atom is -0.147 e. The van der Waals surface area contributed by atoms with Gasteiger partial charge in [-0.15, -0.1) is 24.8 Å². The number of hydrogen-bond donors (Lipinski definition) is 0. The third-order valence-electron chi connectivity index (χ3n) is 1.74. The van der Waals surface area contributed by atoms with Gasteiger partial charge in [0.2, 0.25) is 0 Å². The minimum atomic E-state index is -0.972. The van der Waals surface area contributed by atoms with Gasteiger partial charge in [-0.1, -0.05) is 0 Å². The van der Waals surface area contributed by atoms with Crippen molar-refractivity contribution in [2.45, 2.75) is 26.1 Å². The quantitative estimate of drug-likeness (QED) is 0.651. The van der Waals surface area contributed by atoms with Gasteiger partial charge in [0.15, 0.2) is 0 Å². The van der Waals surface area contributed by atoms with E-state index in [9.17, 15) is 0 Å². The maximum absolute atomic E-state index is 2.42. The first-order chi connectivity index (χ1) is 4.52. The fourth-order valence-electron chi connectivity index (χ4n) is 1.21. The summed E-state index contributed by atoms with van der Waals surface area (Å²) in [6.45, 7) is 7.26. The molecule has 0 amide bonds. The van der Waals surface area contributed by atoms with Gasteiger partial charge < -0.3 is 0 Å². The van der Waals surface area contributed by atoms with Gasteiger partial charge in [-0.05, 0) is 0 Å². The molecule has 0 aromatic rings. The monoisotopic (exact) mass is 299 g/mol. The van der Waals surface area contributed by atoms with Crippen molar-refractivity contribution >= 4 is 32.9 Å². The second-order valence-corrected chi connectivity index (χ2v) is 10.3. The predicted molar refractivity (Wildman–Crippen MR) is 58.6 cm³/mol. The maximum Gasteiger partial charge on any atom is -0.147 e. The van der Waals surface area contributed by atoms with Crippen molar-refractivity contribution in [3.63, 3.8) is 0 Å². The summed E-state index contributed by atoms with van der Waals surface area (Å²) >= 11 is 1.62. The van der Waals surface area contributed by atoms with Gasteiger partial charge >= 0.3 is 79.5 Å². The van der Waals surface area contributed by atoms with Crippen LogP contribution in [0.2, 0.25) is 19.6 Å². The van der Waals surface area contributed by atoms with Crippen LogP contribution >= 0.6 is 24.8 Å². The Hall–Kier alpha value is 1.16. The van der Waals surface area contributed by atoms with Crippen molar-refractivity contribution in [3.05, 3.63) is 20.6 Å². The summed E-state index contributed by atoms with van der Waals surface area (Å²) in [5, 5.41) is 1.70. The van der Waals surface area contributed by atoms with Crippen LogP contribution in [0.4, 0.5) is 0 Å². The Labute approximate surface area is 104 Å². The molecular formula is C8H15Cl2SiZr. The molecule has 0 saturated heterocycles. The molecule has 0 unspecified atom stereocenters. The van der Waals surface area contributed by atoms with Crippen molar-refractivity contribution in [3.8, 4) is 0 Å². The van der Waals surface area contributed by atoms with E-state index in [0.29, 0.717) is 0 Å². The Morgan fingerprint density at radius 1 is 1.25 bits per heavy atom. The van der Waals surface area contributed by atoms with E-state index in [1.807, 2.05) is 0 Å². The molecule has 12 heavy (non-hydrogen) atoms. The van der Waals surface area contributed by atoms with Gasteiger partial charge in [-0.25, -0.2) is 0 Å². The van der Waals surface area contributed by atoms with Crippen LogP contribution < -0.4 is 0 Å². The number of rotatable bonds is 1. The minimum absolute atomic E-state index is 0. The van der Waals surface area contributed by atoms with Crippen LogP contribution in [-0.4, -0.2) is 8.07 Å². The largest absolute Gasteiger partial charge is 0.147 e. The van der Waals surface area contributed by atoms with E-state index in [1.54, 1.807) is 33.2 Å². The van der Waals surface area contributed by atoms with Crippen LogP contribution in [0.15, 0.2) is 20.6 Å². The first-order valence-corrected chi connectivity index (χ1v) is 8.36. The molecule has 0 saturated carbocycles. The molecule has 0 radical (unpaired) electrons. The molecule has 0 aromatic heterocycles. The number of allylic oxidation sites excluding steroid dienone is 4. The van der Waals surface area contributed by atoms with Crippen LogP contribution in [0.5, 0.6) is 0 Å². The van der Waals surface area contributed by atoms with Crippen LogP contribution in [-0.2, 0) is 24.7 Å². The summed E-state index contributed by atoms with van der Waals surface area (Å²) in [6.07, 6.45) is 5.88. The Kier molecular flexibility index (Phi) is 7.55. The Balaban J connectivity index is 0. The molecule has 0 fully saturated rings. The van der Waals surface area contributed by atoms with Gasteiger partial charge in [-0.2, -0.15) is 0 Å². The summed E-state index contributed by atoms with van der Waals surface area (Å²) < 4.78 is 1.69. The summed E-state index contributed by atoms with van der Waals surface area (Å²) in [4.78, 5) is 0. The SMILES string of the molecule is C[Si](C)(C)C1=[C]([Zr])CC=C1.Cl.Cl. The predicted octanol–water partition coefficient (Wildman–Crippen LogP) is 3.47. The van der Waals surface area contributed by atoms with E-state index >= 15 is 0 Å². The third kappa shape index (κ3) is 3.91. The zero-order chi connectivity index (χ0) is 7.78. The number of hydrogen-bond acceptors (Lipinski definition) is 0. The van der Waals surface area contributed by atoms with E-state index in [1.165, 1.54) is 6.42 Å². The summed E-state index contributed by atoms with van der Waals surface area (Å²) in [5.41, 5.74) is 0. The molecule has 0 nitrogen and oxygen atoms in total. The molecule has 0 atom stereocenters. The van der Waals surface area contributed by atoms with E-state index in [4.69, 9.17) is 0 Å².